The van der Waals surface area contributed by atoms with Crippen LogP contribution in [-0.2, 0) is 13.1 Å². The SMILES string of the molecule is CCn1nccc1C(=O)N(Cc1cccnc1)c1nc2c(C(C)C)cccc2s1. The number of aromatic nitrogens is 4. The second kappa shape index (κ2) is 8.13. The molecule has 3 heterocycles. The molecule has 4 aromatic rings. The van der Waals surface area contributed by atoms with Crippen LogP contribution in [0.1, 0.15) is 48.3 Å². The number of para-hydroxylation sites is 1. The lowest BCUT2D eigenvalue weighted by atomic mass is 10.0. The molecule has 1 amide bonds. The summed E-state index contributed by atoms with van der Waals surface area (Å²) in [5.41, 5.74) is 3.67. The highest BCUT2D eigenvalue weighted by molar-refractivity contribution is 7.22. The van der Waals surface area contributed by atoms with Crippen molar-refractivity contribution in [3.05, 3.63) is 71.8 Å². The second-order valence-corrected chi connectivity index (χ2v) is 8.14. The van der Waals surface area contributed by atoms with Gasteiger partial charge in [0.2, 0.25) is 0 Å². The molecule has 0 fully saturated rings. The quantitative estimate of drug-likeness (QED) is 0.459. The van der Waals surface area contributed by atoms with Gasteiger partial charge in [-0.2, -0.15) is 5.10 Å². The van der Waals surface area contributed by atoms with Crippen LogP contribution in [-0.4, -0.2) is 25.7 Å². The summed E-state index contributed by atoms with van der Waals surface area (Å²) in [4.78, 5) is 24.3. The van der Waals surface area contributed by atoms with E-state index < -0.39 is 0 Å². The lowest BCUT2D eigenvalue weighted by Gasteiger charge is -2.20. The standard InChI is InChI=1S/C22H23N5OS/c1-4-27-18(10-12-24-27)21(28)26(14-16-7-6-11-23-13-16)22-25-20-17(15(2)3)8-5-9-19(20)29-22/h5-13,15H,4,14H2,1-3H3. The minimum absolute atomic E-state index is 0.113. The largest absolute Gasteiger partial charge is 0.278 e. The van der Waals surface area contributed by atoms with Gasteiger partial charge in [0.1, 0.15) is 5.69 Å². The highest BCUT2D eigenvalue weighted by Crippen LogP contribution is 2.34. The van der Waals surface area contributed by atoms with E-state index in [1.54, 1.807) is 34.2 Å². The highest BCUT2D eigenvalue weighted by atomic mass is 32.1. The van der Waals surface area contributed by atoms with Crippen LogP contribution in [0.2, 0.25) is 0 Å². The maximum atomic E-state index is 13.5. The molecule has 1 aromatic carbocycles. The van der Waals surface area contributed by atoms with Gasteiger partial charge >= 0.3 is 0 Å². The van der Waals surface area contributed by atoms with E-state index in [-0.39, 0.29) is 5.91 Å². The fraction of sp³-hybridized carbons (Fsp3) is 0.273. The summed E-state index contributed by atoms with van der Waals surface area (Å²) in [5, 5.41) is 4.94. The molecule has 6 nitrogen and oxygen atoms in total. The Hall–Kier alpha value is -3.06. The first kappa shape index (κ1) is 19.3. The topological polar surface area (TPSA) is 63.9 Å². The van der Waals surface area contributed by atoms with Gasteiger partial charge in [-0.25, -0.2) is 4.98 Å². The molecule has 0 aliphatic rings. The predicted molar refractivity (Wildman–Crippen MR) is 116 cm³/mol. The predicted octanol–water partition coefficient (Wildman–Crippen LogP) is 4.88. The summed E-state index contributed by atoms with van der Waals surface area (Å²) in [6.07, 6.45) is 5.17. The minimum atomic E-state index is -0.113. The molecule has 0 spiro atoms. The average Bonchev–Trinajstić information content (AvgIpc) is 3.38. The van der Waals surface area contributed by atoms with Crippen molar-refractivity contribution >= 4 is 32.6 Å². The molecule has 0 saturated heterocycles. The van der Waals surface area contributed by atoms with Gasteiger partial charge < -0.3 is 0 Å². The second-order valence-electron chi connectivity index (χ2n) is 7.13. The minimum Gasteiger partial charge on any atom is -0.278 e. The van der Waals surface area contributed by atoms with Gasteiger partial charge in [0.25, 0.3) is 5.91 Å². The third kappa shape index (κ3) is 3.78. The molecule has 0 aliphatic heterocycles. The van der Waals surface area contributed by atoms with Crippen LogP contribution < -0.4 is 4.90 Å². The lowest BCUT2D eigenvalue weighted by molar-refractivity contribution is 0.0975. The van der Waals surface area contributed by atoms with Gasteiger partial charge in [0.15, 0.2) is 5.13 Å². The molecule has 0 radical (unpaired) electrons. The number of aryl methyl sites for hydroxylation is 1. The number of rotatable bonds is 6. The van der Waals surface area contributed by atoms with Crippen molar-refractivity contribution in [3.63, 3.8) is 0 Å². The number of benzene rings is 1. The molecular formula is C22H23N5OS. The van der Waals surface area contributed by atoms with Crippen molar-refractivity contribution in [1.29, 1.82) is 0 Å². The van der Waals surface area contributed by atoms with Crippen molar-refractivity contribution < 1.29 is 4.79 Å². The number of carbonyl (C=O) groups excluding carboxylic acids is 1. The number of carbonyl (C=O) groups is 1. The Kier molecular flexibility index (Phi) is 5.40. The Labute approximate surface area is 173 Å². The van der Waals surface area contributed by atoms with Gasteiger partial charge in [-0.05, 0) is 42.2 Å². The Morgan fingerprint density at radius 2 is 2.03 bits per heavy atom. The van der Waals surface area contributed by atoms with E-state index in [0.29, 0.717) is 29.8 Å². The number of hydrogen-bond donors (Lipinski definition) is 0. The fourth-order valence-electron chi connectivity index (χ4n) is 3.34. The number of hydrogen-bond acceptors (Lipinski definition) is 5. The van der Waals surface area contributed by atoms with Crippen molar-refractivity contribution in [2.45, 2.75) is 39.8 Å². The summed E-state index contributed by atoms with van der Waals surface area (Å²) in [5.74, 6) is 0.246. The Bertz CT molecular complexity index is 1130. The average molecular weight is 406 g/mol. The molecule has 4 rings (SSSR count). The van der Waals surface area contributed by atoms with Crippen molar-refractivity contribution in [1.82, 2.24) is 19.7 Å². The molecule has 0 N–H and O–H groups in total. The van der Waals surface area contributed by atoms with E-state index in [2.05, 4.69) is 42.1 Å². The number of nitrogens with zero attached hydrogens (tertiary/aromatic N) is 5. The van der Waals surface area contributed by atoms with Crippen LogP contribution in [0.5, 0.6) is 0 Å². The number of anilines is 1. The van der Waals surface area contributed by atoms with Crippen LogP contribution in [0.25, 0.3) is 10.2 Å². The summed E-state index contributed by atoms with van der Waals surface area (Å²) >= 11 is 1.54. The first-order chi connectivity index (χ1) is 14.1. The monoisotopic (exact) mass is 405 g/mol. The van der Waals surface area contributed by atoms with Gasteiger partial charge in [-0.15, -0.1) is 0 Å². The third-order valence-electron chi connectivity index (χ3n) is 4.84. The first-order valence-corrected chi connectivity index (χ1v) is 10.5. The van der Waals surface area contributed by atoms with E-state index in [9.17, 15) is 4.79 Å². The molecule has 7 heteroatoms. The summed E-state index contributed by atoms with van der Waals surface area (Å²) in [7, 11) is 0. The van der Waals surface area contributed by atoms with E-state index in [1.165, 1.54) is 16.9 Å². The van der Waals surface area contributed by atoms with Crippen molar-refractivity contribution in [2.24, 2.45) is 0 Å². The third-order valence-corrected chi connectivity index (χ3v) is 5.88. The maximum absolute atomic E-state index is 13.5. The Morgan fingerprint density at radius 1 is 1.17 bits per heavy atom. The van der Waals surface area contributed by atoms with Crippen LogP contribution in [0.3, 0.4) is 0 Å². The van der Waals surface area contributed by atoms with Crippen molar-refractivity contribution in [2.75, 3.05) is 4.90 Å². The van der Waals surface area contributed by atoms with E-state index in [0.717, 1.165) is 15.8 Å². The lowest BCUT2D eigenvalue weighted by Crippen LogP contribution is -2.32. The summed E-state index contributed by atoms with van der Waals surface area (Å²) in [6, 6.07) is 11.8. The number of thiazole rings is 1. The fourth-order valence-corrected chi connectivity index (χ4v) is 4.34. The molecule has 0 unspecified atom stereocenters. The molecule has 0 aliphatic carbocycles. The van der Waals surface area contributed by atoms with Gasteiger partial charge in [0, 0.05) is 25.1 Å². The number of pyridine rings is 1. The molecule has 3 aromatic heterocycles. The van der Waals surface area contributed by atoms with Gasteiger partial charge in [-0.3, -0.25) is 19.4 Å². The zero-order valence-electron chi connectivity index (χ0n) is 16.7. The van der Waals surface area contributed by atoms with Crippen LogP contribution in [0, 0.1) is 0 Å². The van der Waals surface area contributed by atoms with E-state index in [1.807, 2.05) is 19.1 Å². The van der Waals surface area contributed by atoms with E-state index in [4.69, 9.17) is 4.98 Å². The van der Waals surface area contributed by atoms with Crippen molar-refractivity contribution in [3.8, 4) is 0 Å². The smallest absolute Gasteiger partial charge is 0.278 e. The number of fused-ring (bicyclic) bond motifs is 1. The van der Waals surface area contributed by atoms with Gasteiger partial charge in [0.05, 0.1) is 16.8 Å². The Morgan fingerprint density at radius 3 is 2.76 bits per heavy atom. The summed E-state index contributed by atoms with van der Waals surface area (Å²) < 4.78 is 2.80. The van der Waals surface area contributed by atoms with E-state index >= 15 is 0 Å². The van der Waals surface area contributed by atoms with Crippen LogP contribution in [0.15, 0.2) is 55.0 Å². The van der Waals surface area contributed by atoms with Crippen LogP contribution in [0.4, 0.5) is 5.13 Å². The highest BCUT2D eigenvalue weighted by Gasteiger charge is 2.25. The zero-order valence-corrected chi connectivity index (χ0v) is 17.6. The zero-order chi connectivity index (χ0) is 20.4. The normalized spacial score (nSPS) is 11.3. The maximum Gasteiger partial charge on any atom is 0.278 e. The van der Waals surface area contributed by atoms with Gasteiger partial charge in [-0.1, -0.05) is 43.4 Å². The molecule has 29 heavy (non-hydrogen) atoms. The molecule has 0 saturated carbocycles. The molecule has 148 valence electrons. The number of amides is 1. The molecule has 0 bridgehead atoms. The Balaban J connectivity index is 1.81. The molecular weight excluding hydrogens is 382 g/mol. The van der Waals surface area contributed by atoms with Crippen LogP contribution >= 0.6 is 11.3 Å². The first-order valence-electron chi connectivity index (χ1n) is 9.70. The molecule has 0 atom stereocenters. The summed E-state index contributed by atoms with van der Waals surface area (Å²) in [6.45, 7) is 7.32.